The van der Waals surface area contributed by atoms with Gasteiger partial charge in [0.15, 0.2) is 0 Å². The van der Waals surface area contributed by atoms with Crippen LogP contribution >= 0.6 is 34.4 Å². The Morgan fingerprint density at radius 3 is 2.88 bits per heavy atom. The predicted octanol–water partition coefficient (Wildman–Crippen LogP) is -0.218. The number of thioether (sulfide) groups is 1. The van der Waals surface area contributed by atoms with Crippen molar-refractivity contribution in [2.45, 2.75) is 17.8 Å². The molecule has 2 aliphatic rings. The molecule has 0 spiro atoms. The van der Waals surface area contributed by atoms with Crippen LogP contribution in [0.2, 0.25) is 0 Å². The Kier molecular flexibility index (Phi) is 3.85. The van der Waals surface area contributed by atoms with Crippen molar-refractivity contribution >= 4 is 51.3 Å². The number of aliphatic hydroxyl groups excluding tert-OH is 2. The minimum Gasteiger partial charge on any atom is -0.395 e. The summed E-state index contributed by atoms with van der Waals surface area (Å²) in [5, 5.41) is 21.2. The highest BCUT2D eigenvalue weighted by Gasteiger charge is 2.38. The van der Waals surface area contributed by atoms with Gasteiger partial charge in [0.25, 0.3) is 0 Å². The number of hydrogen-bond acceptors (Lipinski definition) is 5. The molecule has 0 unspecified atom stereocenters. The minimum absolute atomic E-state index is 0.148. The van der Waals surface area contributed by atoms with Crippen molar-refractivity contribution in [3.05, 3.63) is 9.78 Å². The van der Waals surface area contributed by atoms with E-state index in [0.29, 0.717) is 15.0 Å². The monoisotopic (exact) mass is 369 g/mol. The Balaban J connectivity index is 2.33. The molecule has 0 radical (unpaired) electrons. The first-order chi connectivity index (χ1) is 8.02. The smallest absolute Gasteiger partial charge is 0.395 e. The van der Waals surface area contributed by atoms with Gasteiger partial charge in [0, 0.05) is 6.42 Å². The van der Waals surface area contributed by atoms with Crippen molar-refractivity contribution in [1.29, 1.82) is 0 Å². The maximum absolute atomic E-state index is 11.6. The number of carbonyl (C=O) groups excluding carboxylic acids is 2. The molecule has 0 aromatic rings. The lowest BCUT2D eigenvalue weighted by atomic mass is 10.2. The molecule has 0 bridgehead atoms. The number of nitrogens with zero attached hydrogens (tertiary/aromatic N) is 1. The number of imide groups is 1. The summed E-state index contributed by atoms with van der Waals surface area (Å²) in [6.45, 7) is -0.148. The van der Waals surface area contributed by atoms with E-state index in [1.165, 1.54) is 22.5 Å². The summed E-state index contributed by atoms with van der Waals surface area (Å²) in [4.78, 5) is 22.8. The van der Waals surface area contributed by atoms with Gasteiger partial charge < -0.3 is 10.2 Å². The average Bonchev–Trinajstić information content (AvgIpc) is 2.65. The van der Waals surface area contributed by atoms with Crippen LogP contribution in [0.4, 0.5) is 4.79 Å². The Morgan fingerprint density at radius 1 is 1.59 bits per heavy atom. The van der Waals surface area contributed by atoms with Gasteiger partial charge in [0.1, 0.15) is 14.8 Å². The van der Waals surface area contributed by atoms with Crippen molar-refractivity contribution in [3.8, 4) is 0 Å². The molecule has 2 atom stereocenters. The molecular weight excluding hydrogens is 359 g/mol. The van der Waals surface area contributed by atoms with Gasteiger partial charge in [-0.2, -0.15) is 14.7 Å². The van der Waals surface area contributed by atoms with Gasteiger partial charge >= 0.3 is 11.9 Å². The fourth-order valence-electron chi connectivity index (χ4n) is 1.56. The van der Waals surface area contributed by atoms with Crippen LogP contribution < -0.4 is 5.32 Å². The molecule has 0 saturated carbocycles. The molecule has 8 heteroatoms. The van der Waals surface area contributed by atoms with Gasteiger partial charge in [-0.25, -0.2) is 4.79 Å². The van der Waals surface area contributed by atoms with Crippen LogP contribution in [0.1, 0.15) is 6.42 Å². The molecule has 1 fully saturated rings. The summed E-state index contributed by atoms with van der Waals surface area (Å²) in [5.41, 5.74) is 0. The summed E-state index contributed by atoms with van der Waals surface area (Å²) in [6, 6.07) is -0.524. The van der Waals surface area contributed by atoms with Crippen LogP contribution in [-0.4, -0.2) is 49.7 Å². The highest BCUT2D eigenvalue weighted by molar-refractivity contribution is 14.1. The zero-order chi connectivity index (χ0) is 12.6. The van der Waals surface area contributed by atoms with E-state index in [-0.39, 0.29) is 11.9 Å². The van der Waals surface area contributed by atoms with Crippen molar-refractivity contribution in [2.24, 2.45) is 0 Å². The Labute approximate surface area is 115 Å². The number of aliphatic hydroxyl groups is 2. The highest BCUT2D eigenvalue weighted by Crippen LogP contribution is 2.30. The summed E-state index contributed by atoms with van der Waals surface area (Å²) >= 11 is 3.09. The molecule has 92 valence electrons. The molecule has 17 heavy (non-hydrogen) atoms. The van der Waals surface area contributed by atoms with Crippen LogP contribution in [0.3, 0.4) is 0 Å². The quantitative estimate of drug-likeness (QED) is 0.440. The number of urea groups is 1. The Hall–Kier alpha value is -0.450. The van der Waals surface area contributed by atoms with E-state index in [1.807, 2.05) is 22.6 Å². The lowest BCUT2D eigenvalue weighted by Gasteiger charge is -2.07. The van der Waals surface area contributed by atoms with Crippen LogP contribution in [0, 0.1) is 0 Å². The van der Waals surface area contributed by atoms with E-state index in [4.69, 9.17) is 5.11 Å². The minimum atomic E-state index is -0.670. The normalized spacial score (nSPS) is 33.7. The van der Waals surface area contributed by atoms with Crippen molar-refractivity contribution in [1.82, 2.24) is 5.32 Å². The lowest BCUT2D eigenvalue weighted by molar-refractivity contribution is -0.350. The Bertz CT molecular complexity index is 448. The molecule has 0 aliphatic carbocycles. The third-order valence-corrected chi connectivity index (χ3v) is 4.62. The third-order valence-electron chi connectivity index (χ3n) is 2.45. The highest BCUT2D eigenvalue weighted by atomic mass is 127. The number of carbonyl (C=O) groups is 2. The first-order valence-corrected chi connectivity index (χ1v) is 6.82. The van der Waals surface area contributed by atoms with E-state index in [2.05, 4.69) is 5.32 Å². The second-order valence-corrected chi connectivity index (χ2v) is 6.09. The van der Waals surface area contributed by atoms with Gasteiger partial charge in [0.2, 0.25) is 0 Å². The van der Waals surface area contributed by atoms with Crippen molar-refractivity contribution in [3.63, 3.8) is 0 Å². The zero-order valence-electron chi connectivity index (χ0n) is 8.59. The van der Waals surface area contributed by atoms with E-state index in [1.54, 1.807) is 0 Å². The van der Waals surface area contributed by atoms with Gasteiger partial charge in [-0.3, -0.25) is 0 Å². The van der Waals surface area contributed by atoms with Gasteiger partial charge in [-0.05, 0) is 22.6 Å². The van der Waals surface area contributed by atoms with Crippen LogP contribution in [0.25, 0.3) is 0 Å². The summed E-state index contributed by atoms with van der Waals surface area (Å²) in [6.07, 6.45) is 1.07. The topological polar surface area (TPSA) is 89.6 Å². The van der Waals surface area contributed by atoms with Crippen LogP contribution in [0.15, 0.2) is 9.78 Å². The fourth-order valence-corrected chi connectivity index (χ4v) is 3.17. The van der Waals surface area contributed by atoms with Gasteiger partial charge in [0.05, 0.1) is 18.0 Å². The number of amides is 3. The van der Waals surface area contributed by atoms with E-state index in [9.17, 15) is 14.7 Å². The molecule has 2 rings (SSSR count). The molecule has 6 nitrogen and oxygen atoms in total. The standard InChI is InChI=1S/C9H9IN2O4S/c10-4-2-12(9(16)11-8(4)15)7-1-5(14)6(3-13)17-7/h2,5-6,13-14H,1,3H2/p+1/b12-7-/t5-,6+/m0/s1. The Morgan fingerprint density at radius 2 is 2.29 bits per heavy atom. The molecule has 0 aromatic heterocycles. The van der Waals surface area contributed by atoms with Gasteiger partial charge in [-0.15, -0.1) is 0 Å². The van der Waals surface area contributed by atoms with E-state index >= 15 is 0 Å². The van der Waals surface area contributed by atoms with E-state index < -0.39 is 18.0 Å². The number of nitrogens with one attached hydrogen (secondary N) is 1. The number of rotatable bonds is 1. The lowest BCUT2D eigenvalue weighted by Crippen LogP contribution is -2.41. The van der Waals surface area contributed by atoms with Crippen molar-refractivity contribution < 1.29 is 24.4 Å². The molecule has 2 aliphatic heterocycles. The molecule has 0 aromatic carbocycles. The van der Waals surface area contributed by atoms with Crippen molar-refractivity contribution in [2.75, 3.05) is 6.61 Å². The number of hydrogen-bond donors (Lipinski definition) is 3. The molecule has 2 heterocycles. The summed E-state index contributed by atoms with van der Waals surface area (Å²) in [7, 11) is 0. The molecular formula is C9H10IN2O4S+. The molecule has 3 N–H and O–H groups in total. The molecule has 1 saturated heterocycles. The zero-order valence-corrected chi connectivity index (χ0v) is 11.6. The largest absolute Gasteiger partial charge is 0.504 e. The summed E-state index contributed by atoms with van der Waals surface area (Å²) in [5.74, 6) is -0.422. The van der Waals surface area contributed by atoms with E-state index in [0.717, 1.165) is 0 Å². The second-order valence-electron chi connectivity index (χ2n) is 3.61. The maximum Gasteiger partial charge on any atom is 0.504 e. The van der Waals surface area contributed by atoms with Gasteiger partial charge in [-0.1, -0.05) is 11.8 Å². The summed E-state index contributed by atoms with van der Waals surface area (Å²) < 4.78 is 1.71. The third kappa shape index (κ3) is 2.54. The van der Waals surface area contributed by atoms with Crippen LogP contribution in [0.5, 0.6) is 0 Å². The first-order valence-electron chi connectivity index (χ1n) is 4.86. The predicted molar refractivity (Wildman–Crippen MR) is 70.0 cm³/mol. The molecule has 3 amide bonds. The number of halogens is 1. The first kappa shape index (κ1) is 13.0. The maximum atomic E-state index is 11.6. The van der Waals surface area contributed by atoms with Crippen LogP contribution in [-0.2, 0) is 4.79 Å². The fraction of sp³-hybridized carbons (Fsp3) is 0.444. The average molecular weight is 369 g/mol. The second kappa shape index (κ2) is 5.04. The SMILES string of the molecule is O=C1NC(=O)/[N+](=C2/C[C@H](O)[C@@H](CO)S2)C=C1I.